The number of allylic oxidation sites excluding steroid dienone is 1. The van der Waals surface area contributed by atoms with Crippen LogP contribution in [0.1, 0.15) is 86.0 Å². The van der Waals surface area contributed by atoms with Gasteiger partial charge in [0.05, 0.1) is 55.0 Å². The minimum atomic E-state index is -3.65. The monoisotopic (exact) mass is 860 g/mol. The standard InChI is InChI=1S/C47H61N2O11P/c1-9-32-25-47(32,61(8,54)58-29-57-45(53)56-28-30(2)3)26-41(50)40-22-35(27-49(40)44(52)37(46(4,5)6)23-43(51)60-33-17-13-14-18-33)59-42-24-38(31-15-11-10-12-16-31)48-39-21-34(55-7)19-20-36(39)42/h9-12,15-16,19-21,24,30,32-33,35,37,40H,1,13-14,17-18,22-23,25-29H2,2-8H3/t32-,35-,37-,40+,47-,61?/m1/s1. The molecule has 0 spiro atoms. The minimum absolute atomic E-state index is 0.0602. The molecule has 6 atom stereocenters. The van der Waals surface area contributed by atoms with E-state index in [-0.39, 0.29) is 62.0 Å². The molecule has 2 aromatic carbocycles. The molecule has 3 aliphatic rings. The zero-order valence-electron chi connectivity index (χ0n) is 36.6. The summed E-state index contributed by atoms with van der Waals surface area (Å²) in [5.41, 5.74) is 1.52. The molecule has 330 valence electrons. The summed E-state index contributed by atoms with van der Waals surface area (Å²) in [6, 6.07) is 16.1. The zero-order chi connectivity index (χ0) is 44.1. The van der Waals surface area contributed by atoms with Crippen molar-refractivity contribution < 1.29 is 52.0 Å². The lowest BCUT2D eigenvalue weighted by Crippen LogP contribution is -2.48. The second-order valence-electron chi connectivity index (χ2n) is 18.2. The van der Waals surface area contributed by atoms with Gasteiger partial charge in [-0.3, -0.25) is 23.5 Å². The molecule has 2 aliphatic carbocycles. The number of hydrogen-bond donors (Lipinski definition) is 0. The van der Waals surface area contributed by atoms with Gasteiger partial charge in [-0.2, -0.15) is 0 Å². The summed E-state index contributed by atoms with van der Waals surface area (Å²) in [6.45, 7) is 14.4. The van der Waals surface area contributed by atoms with Gasteiger partial charge in [-0.25, -0.2) is 9.78 Å². The van der Waals surface area contributed by atoms with E-state index in [0.29, 0.717) is 29.1 Å². The summed E-state index contributed by atoms with van der Waals surface area (Å²) in [4.78, 5) is 61.7. The SMILES string of the molecule is C=C[C@@H]1C[C@]1(CC(=O)[C@@H]1C[C@@H](Oc2cc(-c3ccccc3)nc3cc(OC)ccc23)CN1C(=O)[C@@H](CC(=O)OC1CCCC1)C(C)(C)C)P(C)(=O)OCOC(=O)OCC(C)C. The molecular formula is C47H61N2O11P. The van der Waals surface area contributed by atoms with E-state index in [1.54, 1.807) is 18.1 Å². The van der Waals surface area contributed by atoms with Crippen molar-refractivity contribution in [1.29, 1.82) is 0 Å². The quantitative estimate of drug-likeness (QED) is 0.0518. The number of rotatable bonds is 18. The van der Waals surface area contributed by atoms with E-state index in [2.05, 4.69) is 6.58 Å². The van der Waals surface area contributed by atoms with Crippen LogP contribution >= 0.6 is 7.37 Å². The highest BCUT2D eigenvalue weighted by Gasteiger charge is 2.65. The molecule has 3 aromatic rings. The maximum absolute atomic E-state index is 14.9. The molecule has 2 saturated carbocycles. The van der Waals surface area contributed by atoms with Crippen LogP contribution in [0.25, 0.3) is 22.2 Å². The van der Waals surface area contributed by atoms with Crippen molar-refractivity contribution in [1.82, 2.24) is 9.88 Å². The van der Waals surface area contributed by atoms with Gasteiger partial charge in [0.25, 0.3) is 0 Å². The van der Waals surface area contributed by atoms with E-state index < -0.39 is 54.9 Å². The number of benzene rings is 2. The number of aromatic nitrogens is 1. The Labute approximate surface area is 359 Å². The van der Waals surface area contributed by atoms with Crippen LogP contribution in [0.2, 0.25) is 0 Å². The molecule has 14 heteroatoms. The number of likely N-dealkylation sites (tertiary alicyclic amines) is 1. The van der Waals surface area contributed by atoms with Crippen LogP contribution in [0.3, 0.4) is 0 Å². The fourth-order valence-electron chi connectivity index (χ4n) is 8.58. The molecular weight excluding hydrogens is 799 g/mol. The normalized spacial score (nSPS) is 23.0. The number of carbonyl (C=O) groups excluding carboxylic acids is 4. The van der Waals surface area contributed by atoms with E-state index in [4.69, 9.17) is 33.2 Å². The summed E-state index contributed by atoms with van der Waals surface area (Å²) >= 11 is 0. The van der Waals surface area contributed by atoms with Crippen molar-refractivity contribution in [2.24, 2.45) is 23.2 Å². The lowest BCUT2D eigenvalue weighted by atomic mass is 9.77. The third-order valence-corrected chi connectivity index (χ3v) is 15.2. The molecule has 0 radical (unpaired) electrons. The van der Waals surface area contributed by atoms with Gasteiger partial charge in [0, 0.05) is 42.6 Å². The first-order valence-corrected chi connectivity index (χ1v) is 23.4. The van der Waals surface area contributed by atoms with Crippen LogP contribution < -0.4 is 9.47 Å². The third kappa shape index (κ3) is 10.8. The molecule has 1 aliphatic heterocycles. The van der Waals surface area contributed by atoms with Gasteiger partial charge in [0.1, 0.15) is 23.7 Å². The number of Topliss-reactive ketones (excluding diaryl/α,β-unsaturated/α-hetero) is 1. The number of hydrogen-bond acceptors (Lipinski definition) is 12. The largest absolute Gasteiger partial charge is 0.510 e. The van der Waals surface area contributed by atoms with Gasteiger partial charge in [-0.1, -0.05) is 71.0 Å². The third-order valence-electron chi connectivity index (χ3n) is 12.3. The van der Waals surface area contributed by atoms with Gasteiger partial charge in [-0.15, -0.1) is 6.58 Å². The number of esters is 1. The highest BCUT2D eigenvalue weighted by Crippen LogP contribution is 2.73. The first-order valence-electron chi connectivity index (χ1n) is 21.3. The van der Waals surface area contributed by atoms with E-state index >= 15 is 0 Å². The molecule has 2 heterocycles. The molecule has 1 amide bonds. The molecule has 13 nitrogen and oxygen atoms in total. The van der Waals surface area contributed by atoms with Crippen molar-refractivity contribution >= 4 is 42.1 Å². The van der Waals surface area contributed by atoms with E-state index in [0.717, 1.165) is 36.6 Å². The maximum Gasteiger partial charge on any atom is 0.510 e. The van der Waals surface area contributed by atoms with Gasteiger partial charge in [-0.05, 0) is 61.5 Å². The Bertz CT molecular complexity index is 2130. The van der Waals surface area contributed by atoms with Crippen LogP contribution in [-0.4, -0.2) is 90.8 Å². The van der Waals surface area contributed by atoms with Crippen molar-refractivity contribution in [3.8, 4) is 22.8 Å². The summed E-state index contributed by atoms with van der Waals surface area (Å²) in [7, 11) is -2.06. The number of amides is 1. The number of carbonyl (C=O) groups is 4. The second kappa shape index (κ2) is 19.1. The maximum atomic E-state index is 14.9. The Kier molecular flexibility index (Phi) is 14.3. The van der Waals surface area contributed by atoms with E-state index in [1.165, 1.54) is 6.66 Å². The number of nitrogens with zero attached hydrogens (tertiary/aromatic N) is 2. The fraction of sp³-hybridized carbons (Fsp3) is 0.553. The number of fused-ring (bicyclic) bond motifs is 1. The van der Waals surface area contributed by atoms with Gasteiger partial charge in [0.15, 0.2) is 5.78 Å². The fourth-order valence-corrected chi connectivity index (χ4v) is 10.8. The van der Waals surface area contributed by atoms with Crippen molar-refractivity contribution in [3.63, 3.8) is 0 Å². The van der Waals surface area contributed by atoms with Crippen molar-refractivity contribution in [2.45, 2.75) is 109 Å². The highest BCUT2D eigenvalue weighted by atomic mass is 31.2. The molecule has 1 aromatic heterocycles. The average Bonchev–Trinajstić information content (AvgIpc) is 3.48. The van der Waals surface area contributed by atoms with Crippen LogP contribution in [0.15, 0.2) is 67.3 Å². The molecule has 61 heavy (non-hydrogen) atoms. The molecule has 6 rings (SSSR count). The molecule has 0 N–H and O–H groups in total. The zero-order valence-corrected chi connectivity index (χ0v) is 37.4. The minimum Gasteiger partial charge on any atom is -0.497 e. The summed E-state index contributed by atoms with van der Waals surface area (Å²) in [5.74, 6) is -0.996. The first-order chi connectivity index (χ1) is 28.9. The van der Waals surface area contributed by atoms with E-state index in [1.807, 2.05) is 89.2 Å². The van der Waals surface area contributed by atoms with Crippen molar-refractivity contribution in [3.05, 3.63) is 67.3 Å². The van der Waals surface area contributed by atoms with Gasteiger partial charge in [0.2, 0.25) is 20.1 Å². The summed E-state index contributed by atoms with van der Waals surface area (Å²) in [5, 5.41) is -0.398. The molecule has 0 bridgehead atoms. The highest BCUT2D eigenvalue weighted by molar-refractivity contribution is 7.60. The van der Waals surface area contributed by atoms with E-state index in [9.17, 15) is 23.7 Å². The Balaban J connectivity index is 1.30. The topological polar surface area (TPSA) is 157 Å². The van der Waals surface area contributed by atoms with Crippen LogP contribution in [-0.2, 0) is 37.7 Å². The number of ether oxygens (including phenoxy) is 5. The second-order valence-corrected chi connectivity index (χ2v) is 21.1. The number of pyridine rings is 1. The predicted octanol–water partition coefficient (Wildman–Crippen LogP) is 9.39. The molecule has 3 fully saturated rings. The average molecular weight is 861 g/mol. The number of ketones is 1. The van der Waals surface area contributed by atoms with Crippen LogP contribution in [0.5, 0.6) is 11.5 Å². The van der Waals surface area contributed by atoms with Crippen LogP contribution in [0.4, 0.5) is 4.79 Å². The van der Waals surface area contributed by atoms with Gasteiger partial charge < -0.3 is 28.6 Å². The Hall–Kier alpha value is -4.74. The van der Waals surface area contributed by atoms with Crippen molar-refractivity contribution in [2.75, 3.05) is 33.7 Å². The Morgan fingerprint density at radius 3 is 2.38 bits per heavy atom. The van der Waals surface area contributed by atoms with Gasteiger partial charge >= 0.3 is 12.1 Å². The summed E-state index contributed by atoms with van der Waals surface area (Å²) in [6.07, 6.45) is 3.69. The molecule has 1 saturated heterocycles. The number of methoxy groups -OCH3 is 1. The predicted molar refractivity (Wildman–Crippen MR) is 232 cm³/mol. The smallest absolute Gasteiger partial charge is 0.497 e. The summed E-state index contributed by atoms with van der Waals surface area (Å²) < 4.78 is 48.4. The first kappa shape index (κ1) is 45.8. The Morgan fingerprint density at radius 1 is 1.02 bits per heavy atom. The molecule has 1 unspecified atom stereocenters. The van der Waals surface area contributed by atoms with Crippen LogP contribution in [0, 0.1) is 23.2 Å². The lowest BCUT2D eigenvalue weighted by Gasteiger charge is -2.35. The Morgan fingerprint density at radius 2 is 1.74 bits per heavy atom. The lowest BCUT2D eigenvalue weighted by molar-refractivity contribution is -0.156.